The van der Waals surface area contributed by atoms with Crippen molar-refractivity contribution < 1.29 is 14.0 Å². The molecule has 130 valence electrons. The van der Waals surface area contributed by atoms with Crippen molar-refractivity contribution >= 4 is 46.7 Å². The summed E-state index contributed by atoms with van der Waals surface area (Å²) >= 11 is 6.89. The first-order chi connectivity index (χ1) is 11.9. The fourth-order valence-electron chi connectivity index (χ4n) is 2.47. The van der Waals surface area contributed by atoms with Crippen LogP contribution in [0.4, 0.5) is 15.9 Å². The smallest absolute Gasteiger partial charge is 0.257 e. The van der Waals surface area contributed by atoms with Crippen LogP contribution < -0.4 is 16.2 Å². The van der Waals surface area contributed by atoms with E-state index in [1.54, 1.807) is 6.26 Å². The predicted molar refractivity (Wildman–Crippen MR) is 92.7 cm³/mol. The number of carbonyl (C=O) groups is 2. The van der Waals surface area contributed by atoms with Gasteiger partial charge in [-0.05, 0) is 24.5 Å². The van der Waals surface area contributed by atoms with Crippen molar-refractivity contribution in [2.24, 2.45) is 0 Å². The minimum atomic E-state index is -1.01. The highest BCUT2D eigenvalue weighted by molar-refractivity contribution is 7.98. The molecule has 0 saturated carbocycles. The number of halogens is 2. The molecule has 1 aromatic heterocycles. The third-order valence-electron chi connectivity index (χ3n) is 3.63. The Bertz CT molecular complexity index is 933. The lowest BCUT2D eigenvalue weighted by Crippen LogP contribution is -2.36. The number of nitrogens with one attached hydrogen (secondary N) is 3. The van der Waals surface area contributed by atoms with Crippen molar-refractivity contribution in [1.29, 1.82) is 0 Å². The Labute approximate surface area is 150 Å². The molecule has 0 bridgehead atoms. The zero-order chi connectivity index (χ0) is 18.1. The summed E-state index contributed by atoms with van der Waals surface area (Å²) in [4.78, 5) is 43.4. The molecule has 1 aliphatic rings. The maximum absolute atomic E-state index is 13.2. The highest BCUT2D eigenvalue weighted by Crippen LogP contribution is 2.30. The highest BCUT2D eigenvalue weighted by Gasteiger charge is 2.34. The third-order valence-corrected chi connectivity index (χ3v) is 4.50. The Morgan fingerprint density at radius 1 is 1.44 bits per heavy atom. The molecule has 1 aliphatic heterocycles. The molecule has 0 fully saturated rings. The van der Waals surface area contributed by atoms with Gasteiger partial charge in [0.2, 0.25) is 11.8 Å². The number of benzene rings is 1. The molecule has 0 unspecified atom stereocenters. The number of rotatable bonds is 3. The summed E-state index contributed by atoms with van der Waals surface area (Å²) in [5.41, 5.74) is -0.149. The third kappa shape index (κ3) is 3.52. The van der Waals surface area contributed by atoms with Crippen LogP contribution >= 0.6 is 23.4 Å². The van der Waals surface area contributed by atoms with Crippen molar-refractivity contribution in [3.05, 3.63) is 45.0 Å². The molecule has 0 spiro atoms. The van der Waals surface area contributed by atoms with E-state index in [1.807, 2.05) is 0 Å². The number of thioether (sulfide) groups is 1. The molecule has 1 aromatic carbocycles. The van der Waals surface area contributed by atoms with E-state index in [0.29, 0.717) is 5.16 Å². The van der Waals surface area contributed by atoms with Gasteiger partial charge in [-0.15, -0.1) is 0 Å². The van der Waals surface area contributed by atoms with Gasteiger partial charge >= 0.3 is 0 Å². The van der Waals surface area contributed by atoms with Crippen molar-refractivity contribution in [1.82, 2.24) is 9.97 Å². The van der Waals surface area contributed by atoms with Crippen molar-refractivity contribution in [2.45, 2.75) is 17.5 Å². The van der Waals surface area contributed by atoms with Crippen LogP contribution in [0.3, 0.4) is 0 Å². The molecule has 2 aromatic rings. The molecule has 0 saturated heterocycles. The number of hydrogen-bond acceptors (Lipinski definition) is 5. The number of aromatic amines is 1. The standard InChI is InChI=1S/C15H12ClFN4O3S/c1-25-15-20-12-11(14(24)21-15)7(5-10(22)19-12)13(23)18-6-2-3-9(17)8(16)4-6/h2-4,7H,5H2,1H3,(H,18,23)(H2,19,20,21,22,24)/t7-/m1/s1. The van der Waals surface area contributed by atoms with Gasteiger partial charge in [0.25, 0.3) is 5.56 Å². The first-order valence-corrected chi connectivity index (χ1v) is 8.73. The number of nitrogens with zero attached hydrogens (tertiary/aromatic N) is 1. The van der Waals surface area contributed by atoms with Gasteiger partial charge in [-0.25, -0.2) is 9.37 Å². The normalized spacial score (nSPS) is 16.1. The van der Waals surface area contributed by atoms with Gasteiger partial charge in [-0.3, -0.25) is 14.4 Å². The molecule has 2 heterocycles. The molecule has 1 atom stereocenters. The number of hydrogen-bond donors (Lipinski definition) is 3. The van der Waals surface area contributed by atoms with E-state index < -0.39 is 29.1 Å². The molecule has 3 rings (SSSR count). The average molecular weight is 383 g/mol. The van der Waals surface area contributed by atoms with Gasteiger partial charge in [0.05, 0.1) is 16.5 Å². The summed E-state index contributed by atoms with van der Waals surface area (Å²) in [6.07, 6.45) is 1.52. The first kappa shape index (κ1) is 17.4. The topological polar surface area (TPSA) is 104 Å². The van der Waals surface area contributed by atoms with Gasteiger partial charge in [0, 0.05) is 12.1 Å². The highest BCUT2D eigenvalue weighted by atomic mass is 35.5. The van der Waals surface area contributed by atoms with Crippen molar-refractivity contribution in [3.8, 4) is 0 Å². The van der Waals surface area contributed by atoms with Crippen LogP contribution in [0.5, 0.6) is 0 Å². The molecule has 3 N–H and O–H groups in total. The molecular weight excluding hydrogens is 371 g/mol. The number of H-pyrrole nitrogens is 1. The second-order valence-corrected chi connectivity index (χ2v) is 6.46. The van der Waals surface area contributed by atoms with Crippen LogP contribution in [0.15, 0.2) is 28.2 Å². The van der Waals surface area contributed by atoms with Crippen LogP contribution in [0.25, 0.3) is 0 Å². The summed E-state index contributed by atoms with van der Waals surface area (Å²) < 4.78 is 13.2. The zero-order valence-corrected chi connectivity index (χ0v) is 14.4. The van der Waals surface area contributed by atoms with Crippen molar-refractivity contribution in [2.75, 3.05) is 16.9 Å². The second kappa shape index (κ2) is 6.85. The Hall–Kier alpha value is -2.39. The van der Waals surface area contributed by atoms with Gasteiger partial charge in [0.15, 0.2) is 5.16 Å². The van der Waals surface area contributed by atoms with E-state index >= 15 is 0 Å². The lowest BCUT2D eigenvalue weighted by molar-refractivity contribution is -0.123. The van der Waals surface area contributed by atoms with Gasteiger partial charge < -0.3 is 15.6 Å². The zero-order valence-electron chi connectivity index (χ0n) is 12.9. The second-order valence-electron chi connectivity index (χ2n) is 5.26. The molecule has 25 heavy (non-hydrogen) atoms. The summed E-state index contributed by atoms with van der Waals surface area (Å²) in [6, 6.07) is 3.69. The fourth-order valence-corrected chi connectivity index (χ4v) is 3.03. The number of aromatic nitrogens is 2. The Balaban J connectivity index is 1.95. The Morgan fingerprint density at radius 3 is 2.88 bits per heavy atom. The molecule has 7 nitrogen and oxygen atoms in total. The van der Waals surface area contributed by atoms with E-state index in [9.17, 15) is 18.8 Å². The van der Waals surface area contributed by atoms with Crippen LogP contribution in [0.1, 0.15) is 17.9 Å². The molecule has 0 aliphatic carbocycles. The van der Waals surface area contributed by atoms with E-state index in [2.05, 4.69) is 20.6 Å². The number of amides is 2. The molecule has 10 heteroatoms. The minimum absolute atomic E-state index is 0.0710. The SMILES string of the molecule is CSc1nc2c(c(=O)[nH]1)[C@H](C(=O)Nc1ccc(F)c(Cl)c1)CC(=O)N2. The van der Waals surface area contributed by atoms with Crippen molar-refractivity contribution in [3.63, 3.8) is 0 Å². The summed E-state index contributed by atoms with van der Waals surface area (Å²) in [7, 11) is 0. The van der Waals surface area contributed by atoms with Crippen LogP contribution in [0, 0.1) is 5.82 Å². The van der Waals surface area contributed by atoms with E-state index in [4.69, 9.17) is 11.6 Å². The largest absolute Gasteiger partial charge is 0.325 e. The summed E-state index contributed by atoms with van der Waals surface area (Å²) in [5, 5.41) is 5.23. The average Bonchev–Trinajstić information content (AvgIpc) is 2.56. The van der Waals surface area contributed by atoms with Crippen LogP contribution in [0.2, 0.25) is 5.02 Å². The van der Waals surface area contributed by atoms with E-state index in [1.165, 1.54) is 23.9 Å². The quantitative estimate of drug-likeness (QED) is 0.558. The van der Waals surface area contributed by atoms with Gasteiger partial charge in [-0.1, -0.05) is 23.4 Å². The molecule has 0 radical (unpaired) electrons. The van der Waals surface area contributed by atoms with E-state index in [0.717, 1.165) is 6.07 Å². The van der Waals surface area contributed by atoms with E-state index in [-0.39, 0.29) is 28.5 Å². The Morgan fingerprint density at radius 2 is 2.20 bits per heavy atom. The lowest BCUT2D eigenvalue weighted by Gasteiger charge is -2.23. The maximum Gasteiger partial charge on any atom is 0.257 e. The number of carbonyl (C=O) groups excluding carboxylic acids is 2. The fraction of sp³-hybridized carbons (Fsp3) is 0.200. The van der Waals surface area contributed by atoms with Gasteiger partial charge in [-0.2, -0.15) is 0 Å². The van der Waals surface area contributed by atoms with Crippen LogP contribution in [-0.2, 0) is 9.59 Å². The minimum Gasteiger partial charge on any atom is -0.325 e. The summed E-state index contributed by atoms with van der Waals surface area (Å²) in [5.74, 6) is -2.56. The number of fused-ring (bicyclic) bond motifs is 1. The maximum atomic E-state index is 13.2. The predicted octanol–water partition coefficient (Wildman–Crippen LogP) is 2.35. The first-order valence-electron chi connectivity index (χ1n) is 7.13. The van der Waals surface area contributed by atoms with Crippen LogP contribution in [-0.4, -0.2) is 28.0 Å². The monoisotopic (exact) mass is 382 g/mol. The number of anilines is 2. The Kier molecular flexibility index (Phi) is 4.78. The lowest BCUT2D eigenvalue weighted by atomic mass is 9.92. The summed E-state index contributed by atoms with van der Waals surface area (Å²) in [6.45, 7) is 0. The molecule has 2 amide bonds. The molecular formula is C15H12ClFN4O3S. The van der Waals surface area contributed by atoms with Gasteiger partial charge in [0.1, 0.15) is 11.6 Å².